The zero-order valence-electron chi connectivity index (χ0n) is 13.8. The molecule has 23 heavy (non-hydrogen) atoms. The number of hydrogen-bond donors (Lipinski definition) is 1. The fourth-order valence-electron chi connectivity index (χ4n) is 3.07. The van der Waals surface area contributed by atoms with Gasteiger partial charge in [0.15, 0.2) is 0 Å². The smallest absolute Gasteiger partial charge is 0.226 e. The van der Waals surface area contributed by atoms with Crippen LogP contribution < -0.4 is 5.32 Å². The van der Waals surface area contributed by atoms with Crippen LogP contribution in [-0.2, 0) is 23.1 Å². The van der Waals surface area contributed by atoms with E-state index < -0.39 is 0 Å². The van der Waals surface area contributed by atoms with Crippen LogP contribution in [0.1, 0.15) is 30.7 Å². The SMILES string of the molecule is Cc1c([C@H]2OCC[C@@H]2C(=O)NC(C)Cn2ccnc2)cnn1C. The summed E-state index contributed by atoms with van der Waals surface area (Å²) in [5.74, 6) is -0.119. The van der Waals surface area contributed by atoms with Gasteiger partial charge in [-0.1, -0.05) is 0 Å². The molecule has 3 atom stereocenters. The molecule has 0 bridgehead atoms. The molecule has 0 aromatic carbocycles. The van der Waals surface area contributed by atoms with Gasteiger partial charge in [0.05, 0.1) is 24.5 Å². The number of nitrogens with zero attached hydrogens (tertiary/aromatic N) is 4. The van der Waals surface area contributed by atoms with Gasteiger partial charge in [-0.3, -0.25) is 9.48 Å². The first kappa shape index (κ1) is 15.7. The van der Waals surface area contributed by atoms with Crippen molar-refractivity contribution in [1.82, 2.24) is 24.6 Å². The zero-order chi connectivity index (χ0) is 16.4. The van der Waals surface area contributed by atoms with Gasteiger partial charge in [0.2, 0.25) is 5.91 Å². The molecule has 7 heteroatoms. The summed E-state index contributed by atoms with van der Waals surface area (Å²) in [4.78, 5) is 16.7. The van der Waals surface area contributed by atoms with Crippen LogP contribution in [-0.4, -0.2) is 37.9 Å². The van der Waals surface area contributed by atoms with Crippen LogP contribution >= 0.6 is 0 Å². The van der Waals surface area contributed by atoms with Crippen molar-refractivity contribution in [2.75, 3.05) is 6.61 Å². The highest BCUT2D eigenvalue weighted by molar-refractivity contribution is 5.80. The molecule has 1 amide bonds. The van der Waals surface area contributed by atoms with E-state index in [0.29, 0.717) is 13.2 Å². The number of carbonyl (C=O) groups is 1. The van der Waals surface area contributed by atoms with Gasteiger partial charge in [-0.15, -0.1) is 0 Å². The summed E-state index contributed by atoms with van der Waals surface area (Å²) >= 11 is 0. The standard InChI is InChI=1S/C16H23N5O2/c1-11(9-21-6-5-17-10-21)19-16(22)13-4-7-23-15(13)14-8-18-20(3)12(14)2/h5-6,8,10-11,13,15H,4,7,9H2,1-3H3,(H,19,22)/t11?,13-,15-/m0/s1. The molecule has 1 aliphatic heterocycles. The van der Waals surface area contributed by atoms with Crippen molar-refractivity contribution in [3.8, 4) is 0 Å². The topological polar surface area (TPSA) is 74.0 Å². The number of hydrogen-bond acceptors (Lipinski definition) is 4. The first-order valence-electron chi connectivity index (χ1n) is 7.92. The Kier molecular flexibility index (Phi) is 4.47. The molecular weight excluding hydrogens is 294 g/mol. The second kappa shape index (κ2) is 6.54. The van der Waals surface area contributed by atoms with Gasteiger partial charge in [0.1, 0.15) is 0 Å². The molecule has 1 fully saturated rings. The van der Waals surface area contributed by atoms with E-state index in [0.717, 1.165) is 17.7 Å². The Hall–Kier alpha value is -2.15. The van der Waals surface area contributed by atoms with E-state index in [1.807, 2.05) is 36.3 Å². The second-order valence-corrected chi connectivity index (χ2v) is 6.16. The molecule has 3 rings (SSSR count). The van der Waals surface area contributed by atoms with E-state index in [9.17, 15) is 4.79 Å². The number of imidazole rings is 1. The van der Waals surface area contributed by atoms with Crippen LogP contribution in [0.5, 0.6) is 0 Å². The van der Waals surface area contributed by atoms with Crippen LogP contribution in [0.15, 0.2) is 24.9 Å². The molecule has 3 heterocycles. The average Bonchev–Trinajstić information content (AvgIpc) is 3.22. The van der Waals surface area contributed by atoms with Crippen LogP contribution in [0.3, 0.4) is 0 Å². The minimum Gasteiger partial charge on any atom is -0.373 e. The molecule has 7 nitrogen and oxygen atoms in total. The average molecular weight is 317 g/mol. The molecule has 0 spiro atoms. The first-order chi connectivity index (χ1) is 11.1. The van der Waals surface area contributed by atoms with Crippen molar-refractivity contribution in [3.63, 3.8) is 0 Å². The molecule has 0 radical (unpaired) electrons. The Morgan fingerprint density at radius 1 is 1.57 bits per heavy atom. The first-order valence-corrected chi connectivity index (χ1v) is 7.92. The van der Waals surface area contributed by atoms with Crippen molar-refractivity contribution in [2.24, 2.45) is 13.0 Å². The highest BCUT2D eigenvalue weighted by Gasteiger charge is 2.37. The molecule has 124 valence electrons. The fraction of sp³-hybridized carbons (Fsp3) is 0.562. The Morgan fingerprint density at radius 3 is 3.04 bits per heavy atom. The summed E-state index contributed by atoms with van der Waals surface area (Å²) < 4.78 is 9.60. The van der Waals surface area contributed by atoms with Gasteiger partial charge < -0.3 is 14.6 Å². The third-order valence-corrected chi connectivity index (χ3v) is 4.44. The van der Waals surface area contributed by atoms with Crippen molar-refractivity contribution in [1.29, 1.82) is 0 Å². The molecular formula is C16H23N5O2. The number of aromatic nitrogens is 4. The summed E-state index contributed by atoms with van der Waals surface area (Å²) in [6, 6.07) is 0.0351. The molecule has 2 aromatic rings. The number of nitrogens with one attached hydrogen (secondary N) is 1. The number of aryl methyl sites for hydroxylation is 1. The number of rotatable bonds is 5. The molecule has 1 N–H and O–H groups in total. The summed E-state index contributed by atoms with van der Waals surface area (Å²) in [6.07, 6.45) is 7.72. The molecule has 1 unspecified atom stereocenters. The summed E-state index contributed by atoms with van der Waals surface area (Å²) in [6.45, 7) is 5.31. The number of amides is 1. The Morgan fingerprint density at radius 2 is 2.39 bits per heavy atom. The van der Waals surface area contributed by atoms with Crippen LogP contribution in [0.2, 0.25) is 0 Å². The molecule has 1 aliphatic rings. The molecule has 1 saturated heterocycles. The number of carbonyl (C=O) groups excluding carboxylic acids is 1. The largest absolute Gasteiger partial charge is 0.373 e. The maximum Gasteiger partial charge on any atom is 0.226 e. The highest BCUT2D eigenvalue weighted by Crippen LogP contribution is 2.36. The van der Waals surface area contributed by atoms with Crippen molar-refractivity contribution < 1.29 is 9.53 Å². The van der Waals surface area contributed by atoms with E-state index >= 15 is 0 Å². The third kappa shape index (κ3) is 3.29. The van der Waals surface area contributed by atoms with Gasteiger partial charge in [-0.25, -0.2) is 4.98 Å². The lowest BCUT2D eigenvalue weighted by molar-refractivity contribution is -0.127. The zero-order valence-corrected chi connectivity index (χ0v) is 13.8. The van der Waals surface area contributed by atoms with Crippen molar-refractivity contribution in [2.45, 2.75) is 39.0 Å². The van der Waals surface area contributed by atoms with Crippen LogP contribution in [0, 0.1) is 12.8 Å². The minimum absolute atomic E-state index is 0.0351. The lowest BCUT2D eigenvalue weighted by Gasteiger charge is -2.21. The maximum absolute atomic E-state index is 12.6. The Bertz CT molecular complexity index is 664. The predicted octanol–water partition coefficient (Wildman–Crippen LogP) is 1.21. The van der Waals surface area contributed by atoms with E-state index in [2.05, 4.69) is 15.4 Å². The van der Waals surface area contributed by atoms with Crippen molar-refractivity contribution >= 4 is 5.91 Å². The van der Waals surface area contributed by atoms with Gasteiger partial charge in [-0.05, 0) is 20.3 Å². The molecule has 2 aromatic heterocycles. The van der Waals surface area contributed by atoms with E-state index in [1.54, 1.807) is 18.7 Å². The summed E-state index contributed by atoms with van der Waals surface area (Å²) in [7, 11) is 1.90. The van der Waals surface area contributed by atoms with Crippen molar-refractivity contribution in [3.05, 3.63) is 36.2 Å². The second-order valence-electron chi connectivity index (χ2n) is 6.16. The summed E-state index contributed by atoms with van der Waals surface area (Å²) in [5.41, 5.74) is 2.05. The summed E-state index contributed by atoms with van der Waals surface area (Å²) in [5, 5.41) is 7.35. The fourth-order valence-corrected chi connectivity index (χ4v) is 3.07. The lowest BCUT2D eigenvalue weighted by atomic mass is 9.94. The number of ether oxygens (including phenoxy) is 1. The molecule has 0 aliphatic carbocycles. The van der Waals surface area contributed by atoms with Gasteiger partial charge >= 0.3 is 0 Å². The van der Waals surface area contributed by atoms with E-state index in [1.165, 1.54) is 0 Å². The Balaban J connectivity index is 1.65. The van der Waals surface area contributed by atoms with Crippen LogP contribution in [0.25, 0.3) is 0 Å². The van der Waals surface area contributed by atoms with Crippen LogP contribution in [0.4, 0.5) is 0 Å². The lowest BCUT2D eigenvalue weighted by Crippen LogP contribution is -2.40. The Labute approximate surface area is 135 Å². The van der Waals surface area contributed by atoms with Gasteiger partial charge in [-0.2, -0.15) is 5.10 Å². The van der Waals surface area contributed by atoms with Gasteiger partial charge in [0.25, 0.3) is 0 Å². The predicted molar refractivity (Wildman–Crippen MR) is 84.6 cm³/mol. The van der Waals surface area contributed by atoms with E-state index in [4.69, 9.17) is 4.74 Å². The minimum atomic E-state index is -0.204. The normalized spacial score (nSPS) is 22.2. The van der Waals surface area contributed by atoms with Gasteiger partial charge in [0, 0.05) is 49.9 Å². The highest BCUT2D eigenvalue weighted by atomic mass is 16.5. The third-order valence-electron chi connectivity index (χ3n) is 4.44. The molecule has 0 saturated carbocycles. The maximum atomic E-state index is 12.6. The quantitative estimate of drug-likeness (QED) is 0.899. The monoisotopic (exact) mass is 317 g/mol. The van der Waals surface area contributed by atoms with E-state index in [-0.39, 0.29) is 24.0 Å².